The molecule has 0 saturated heterocycles. The second kappa shape index (κ2) is 97.5. The predicted molar refractivity (Wildman–Crippen MR) is 470 cm³/mol. The fraction of sp³-hybridized carbons (Fsp3) is 0.990. The first-order valence-corrected chi connectivity index (χ1v) is 50.4. The van der Waals surface area contributed by atoms with Crippen molar-refractivity contribution < 1.29 is 9.90 Å². The maximum atomic E-state index is 11.6. The Morgan fingerprint density at radius 2 is 0.204 bits per heavy atom. The van der Waals surface area contributed by atoms with Crippen molar-refractivity contribution in [2.75, 3.05) is 0 Å². The van der Waals surface area contributed by atoms with Crippen LogP contribution >= 0.6 is 0 Å². The molecule has 2 heteroatoms. The van der Waals surface area contributed by atoms with Crippen LogP contribution in [0.5, 0.6) is 0 Å². The first-order valence-electron chi connectivity index (χ1n) is 50.4. The molecule has 0 fully saturated rings. The molecule has 0 heterocycles. The molecule has 1 unspecified atom stereocenters. The van der Waals surface area contributed by atoms with Gasteiger partial charge in [0.25, 0.3) is 0 Å². The summed E-state index contributed by atoms with van der Waals surface area (Å²) in [5, 5.41) is 9.56. The lowest BCUT2D eigenvalue weighted by Crippen LogP contribution is -2.13. The number of rotatable bonds is 98. The van der Waals surface area contributed by atoms with Crippen molar-refractivity contribution in [1.29, 1.82) is 0 Å². The average Bonchev–Trinajstić information content (AvgIpc) is 1.61. The quantitative estimate of drug-likeness (QED) is 0.0616. The smallest absolute Gasteiger partial charge is 0.306 e. The van der Waals surface area contributed by atoms with Gasteiger partial charge in [-0.15, -0.1) is 0 Å². The zero-order chi connectivity index (χ0) is 73.7. The van der Waals surface area contributed by atoms with E-state index in [0.29, 0.717) is 0 Å². The second-order valence-electron chi connectivity index (χ2n) is 35.5. The van der Waals surface area contributed by atoms with E-state index in [1.807, 2.05) is 0 Å². The summed E-state index contributed by atoms with van der Waals surface area (Å²) in [5.41, 5.74) is 0. The van der Waals surface area contributed by atoms with Gasteiger partial charge < -0.3 is 5.11 Å². The van der Waals surface area contributed by atoms with Gasteiger partial charge in [-0.05, 0) is 12.8 Å². The maximum absolute atomic E-state index is 11.6. The average molecular weight is 1450 g/mol. The van der Waals surface area contributed by atoms with Crippen LogP contribution in [0.1, 0.15) is 637 Å². The molecule has 0 aromatic carbocycles. The molecular formula is C101H202O2. The number of hydrogen-bond donors (Lipinski definition) is 1. The van der Waals surface area contributed by atoms with Gasteiger partial charge in [-0.1, -0.05) is 624 Å². The summed E-state index contributed by atoms with van der Waals surface area (Å²) in [6.07, 6.45) is 140. The van der Waals surface area contributed by atoms with Gasteiger partial charge in [0.2, 0.25) is 0 Å². The van der Waals surface area contributed by atoms with Crippen molar-refractivity contribution in [3.8, 4) is 0 Å². The highest BCUT2D eigenvalue weighted by molar-refractivity contribution is 5.69. The molecule has 0 aliphatic carbocycles. The molecule has 0 aromatic heterocycles. The van der Waals surface area contributed by atoms with Gasteiger partial charge >= 0.3 is 5.97 Å². The third-order valence-electron chi connectivity index (χ3n) is 24.9. The lowest BCUT2D eigenvalue weighted by Gasteiger charge is -2.12. The van der Waals surface area contributed by atoms with Crippen LogP contribution in [0.2, 0.25) is 0 Å². The van der Waals surface area contributed by atoms with Crippen LogP contribution in [0.25, 0.3) is 0 Å². The summed E-state index contributed by atoms with van der Waals surface area (Å²) < 4.78 is 0. The molecule has 0 saturated carbocycles. The van der Waals surface area contributed by atoms with E-state index in [9.17, 15) is 9.90 Å². The van der Waals surface area contributed by atoms with Crippen molar-refractivity contribution >= 4 is 5.97 Å². The van der Waals surface area contributed by atoms with E-state index in [0.717, 1.165) is 25.7 Å². The van der Waals surface area contributed by atoms with E-state index in [4.69, 9.17) is 0 Å². The van der Waals surface area contributed by atoms with Gasteiger partial charge in [0, 0.05) is 0 Å². The Kier molecular flexibility index (Phi) is 97.0. The standard InChI is InChI=1S/C101H202O2/c1-3-5-7-9-10-11-12-13-14-15-16-17-18-19-20-21-22-23-24-25-26-27-28-29-30-31-32-33-34-35-36-37-38-39-40-41-42-43-44-45-46-47-48-49-50-51-52-53-54-55-56-57-58-59-60-61-62-63-64-65-66-67-68-69-70-71-72-73-74-75-76-77-78-79-80-81-82-83-84-85-86-87-88-89-90-91-92-93-95-97-99-100(101(102)103)98-96-94-8-6-4-2/h100H,3-99H2,1-2H3,(H,102,103). The van der Waals surface area contributed by atoms with Gasteiger partial charge in [-0.2, -0.15) is 0 Å². The Morgan fingerprint density at radius 1 is 0.136 bits per heavy atom. The van der Waals surface area contributed by atoms with Crippen molar-refractivity contribution in [1.82, 2.24) is 0 Å². The topological polar surface area (TPSA) is 37.3 Å². The molecule has 1 N–H and O–H groups in total. The van der Waals surface area contributed by atoms with Gasteiger partial charge in [-0.3, -0.25) is 4.79 Å². The molecule has 0 aliphatic heterocycles. The van der Waals surface area contributed by atoms with E-state index in [-0.39, 0.29) is 5.92 Å². The molecule has 0 aromatic rings. The molecule has 0 radical (unpaired) electrons. The van der Waals surface area contributed by atoms with Gasteiger partial charge in [0.1, 0.15) is 0 Å². The van der Waals surface area contributed by atoms with Crippen LogP contribution in [0, 0.1) is 5.92 Å². The molecule has 2 nitrogen and oxygen atoms in total. The highest BCUT2D eigenvalue weighted by atomic mass is 16.4. The summed E-state index contributed by atoms with van der Waals surface area (Å²) in [4.78, 5) is 11.6. The number of carboxylic acids is 1. The lowest BCUT2D eigenvalue weighted by molar-refractivity contribution is -0.142. The Labute approximate surface area is 654 Å². The third-order valence-corrected chi connectivity index (χ3v) is 24.9. The number of unbranched alkanes of at least 4 members (excludes halogenated alkanes) is 93. The largest absolute Gasteiger partial charge is 0.481 e. The third kappa shape index (κ3) is 95.6. The molecule has 103 heavy (non-hydrogen) atoms. The highest BCUT2D eigenvalue weighted by Gasteiger charge is 2.16. The van der Waals surface area contributed by atoms with E-state index >= 15 is 0 Å². The molecule has 0 aliphatic rings. The Morgan fingerprint density at radius 3 is 0.272 bits per heavy atom. The van der Waals surface area contributed by atoms with Crippen LogP contribution in [0.4, 0.5) is 0 Å². The number of carboxylic acid groups (broad SMARTS) is 1. The predicted octanol–water partition coefficient (Wildman–Crippen LogP) is 38.6. The summed E-state index contributed by atoms with van der Waals surface area (Å²) in [7, 11) is 0. The Hall–Kier alpha value is -0.530. The normalized spacial score (nSPS) is 12.1. The van der Waals surface area contributed by atoms with Crippen LogP contribution in [-0.4, -0.2) is 11.1 Å². The van der Waals surface area contributed by atoms with Crippen LogP contribution in [-0.2, 0) is 4.79 Å². The molecule has 618 valence electrons. The van der Waals surface area contributed by atoms with E-state index < -0.39 is 5.97 Å². The summed E-state index contributed by atoms with van der Waals surface area (Å²) in [6, 6.07) is 0. The van der Waals surface area contributed by atoms with E-state index in [2.05, 4.69) is 13.8 Å². The fourth-order valence-electron chi connectivity index (χ4n) is 17.4. The first-order chi connectivity index (χ1) is 51.2. The second-order valence-corrected chi connectivity index (χ2v) is 35.5. The molecule has 0 amide bonds. The summed E-state index contributed by atoms with van der Waals surface area (Å²) in [5.74, 6) is -0.660. The molecule has 0 rings (SSSR count). The maximum Gasteiger partial charge on any atom is 0.306 e. The van der Waals surface area contributed by atoms with E-state index in [1.165, 1.54) is 597 Å². The number of carbonyl (C=O) groups is 1. The van der Waals surface area contributed by atoms with Crippen molar-refractivity contribution in [3.63, 3.8) is 0 Å². The summed E-state index contributed by atoms with van der Waals surface area (Å²) in [6.45, 7) is 4.55. The zero-order valence-electron chi connectivity index (χ0n) is 72.5. The van der Waals surface area contributed by atoms with E-state index in [1.54, 1.807) is 0 Å². The monoisotopic (exact) mass is 1450 g/mol. The number of hydrogen-bond acceptors (Lipinski definition) is 1. The van der Waals surface area contributed by atoms with Crippen molar-refractivity contribution in [2.24, 2.45) is 5.92 Å². The number of aliphatic carboxylic acids is 1. The molecule has 1 atom stereocenters. The summed E-state index contributed by atoms with van der Waals surface area (Å²) >= 11 is 0. The highest BCUT2D eigenvalue weighted by Crippen LogP contribution is 2.25. The van der Waals surface area contributed by atoms with Crippen LogP contribution in [0.3, 0.4) is 0 Å². The SMILES string of the molecule is CCCCCCCCCCCCCCCCCCCCCCCCCCCCCCCCCCCCCCCCCCCCCCCCCCCCCCCCCCCCCCCCCCCCCCCCCCCCCCCCCCCCCCCCCCCCC(CCCCCCC)C(=O)O. The van der Waals surface area contributed by atoms with Gasteiger partial charge in [-0.25, -0.2) is 0 Å². The Balaban J connectivity index is 3.12. The fourth-order valence-corrected chi connectivity index (χ4v) is 17.4. The molecular weight excluding hydrogens is 1250 g/mol. The van der Waals surface area contributed by atoms with Gasteiger partial charge in [0.05, 0.1) is 5.92 Å². The van der Waals surface area contributed by atoms with Crippen LogP contribution in [0.15, 0.2) is 0 Å². The van der Waals surface area contributed by atoms with Crippen molar-refractivity contribution in [2.45, 2.75) is 637 Å². The molecule has 0 spiro atoms. The van der Waals surface area contributed by atoms with Crippen molar-refractivity contribution in [3.05, 3.63) is 0 Å². The van der Waals surface area contributed by atoms with Crippen LogP contribution < -0.4 is 0 Å². The van der Waals surface area contributed by atoms with Gasteiger partial charge in [0.15, 0.2) is 0 Å². The minimum Gasteiger partial charge on any atom is -0.481 e. The first kappa shape index (κ1) is 102. The molecule has 0 bridgehead atoms. The zero-order valence-corrected chi connectivity index (χ0v) is 72.5. The minimum absolute atomic E-state index is 0.0996. The lowest BCUT2D eigenvalue weighted by atomic mass is 9.94. The minimum atomic E-state index is -0.561. The Bertz CT molecular complexity index is 1440.